The van der Waals surface area contributed by atoms with Gasteiger partial charge in [0.1, 0.15) is 0 Å². The number of hydrogen-bond donors (Lipinski definition) is 2. The minimum atomic E-state index is -0.552. The van der Waals surface area contributed by atoms with Crippen LogP contribution in [-0.2, 0) is 9.53 Å². The second-order valence-corrected chi connectivity index (χ2v) is 3.50. The molecule has 0 fully saturated rings. The number of methoxy groups -OCH3 is 3. The van der Waals surface area contributed by atoms with Crippen molar-refractivity contribution in [3.8, 4) is 11.5 Å². The summed E-state index contributed by atoms with van der Waals surface area (Å²) in [5.41, 5.74) is 5.75. The summed E-state index contributed by atoms with van der Waals surface area (Å²) in [6.07, 6.45) is 0. The van der Waals surface area contributed by atoms with E-state index in [1.807, 2.05) is 0 Å². The zero-order chi connectivity index (χ0) is 14.4. The lowest BCUT2D eigenvalue weighted by Crippen LogP contribution is -2.22. The van der Waals surface area contributed by atoms with Gasteiger partial charge in [-0.15, -0.1) is 12.4 Å². The molecule has 3 N–H and O–H groups in total. The largest absolute Gasteiger partial charge is 0.493 e. The molecule has 0 radical (unpaired) electrons. The van der Waals surface area contributed by atoms with Crippen molar-refractivity contribution < 1.29 is 23.8 Å². The van der Waals surface area contributed by atoms with Gasteiger partial charge in [0.25, 0.3) is 0 Å². The molecule has 20 heavy (non-hydrogen) atoms. The van der Waals surface area contributed by atoms with E-state index in [4.69, 9.17) is 15.2 Å². The van der Waals surface area contributed by atoms with Gasteiger partial charge in [0.05, 0.1) is 39.1 Å². The van der Waals surface area contributed by atoms with Gasteiger partial charge in [-0.2, -0.15) is 0 Å². The van der Waals surface area contributed by atoms with E-state index in [1.165, 1.54) is 33.5 Å². The van der Waals surface area contributed by atoms with Crippen LogP contribution >= 0.6 is 12.4 Å². The van der Waals surface area contributed by atoms with Gasteiger partial charge in [-0.05, 0) is 12.1 Å². The maximum Gasteiger partial charge on any atom is 0.338 e. The number of ether oxygens (including phenoxy) is 3. The summed E-state index contributed by atoms with van der Waals surface area (Å²) in [6.45, 7) is -0.187. The van der Waals surface area contributed by atoms with Crippen LogP contribution in [0.15, 0.2) is 12.1 Å². The highest BCUT2D eigenvalue weighted by Gasteiger charge is 2.17. The van der Waals surface area contributed by atoms with Crippen molar-refractivity contribution in [3.63, 3.8) is 0 Å². The number of esters is 1. The van der Waals surface area contributed by atoms with Crippen molar-refractivity contribution in [2.45, 2.75) is 0 Å². The predicted octanol–water partition coefficient (Wildman–Crippen LogP) is 0.809. The van der Waals surface area contributed by atoms with Crippen LogP contribution in [0.2, 0.25) is 0 Å². The summed E-state index contributed by atoms with van der Waals surface area (Å²) in [4.78, 5) is 22.9. The van der Waals surface area contributed by atoms with Crippen LogP contribution in [0.5, 0.6) is 11.5 Å². The molecule has 0 saturated carbocycles. The number of anilines is 1. The fourth-order valence-corrected chi connectivity index (χ4v) is 1.49. The smallest absolute Gasteiger partial charge is 0.338 e. The molecule has 1 aromatic carbocycles. The van der Waals surface area contributed by atoms with E-state index in [2.05, 4.69) is 10.1 Å². The zero-order valence-electron chi connectivity index (χ0n) is 11.4. The van der Waals surface area contributed by atoms with Gasteiger partial charge in [0.2, 0.25) is 5.91 Å². The minimum Gasteiger partial charge on any atom is -0.493 e. The average Bonchev–Trinajstić information content (AvgIpc) is 2.45. The number of nitrogens with one attached hydrogen (secondary N) is 1. The van der Waals surface area contributed by atoms with Crippen LogP contribution in [-0.4, -0.2) is 39.8 Å². The van der Waals surface area contributed by atoms with Gasteiger partial charge in [-0.1, -0.05) is 0 Å². The Morgan fingerprint density at radius 3 is 2.30 bits per heavy atom. The molecule has 0 heterocycles. The van der Waals surface area contributed by atoms with Crippen LogP contribution in [0.4, 0.5) is 5.69 Å². The van der Waals surface area contributed by atoms with E-state index in [1.54, 1.807) is 0 Å². The molecule has 112 valence electrons. The van der Waals surface area contributed by atoms with Crippen LogP contribution in [0, 0.1) is 0 Å². The van der Waals surface area contributed by atoms with Gasteiger partial charge in [-0.25, -0.2) is 4.79 Å². The quantitative estimate of drug-likeness (QED) is 0.781. The minimum absolute atomic E-state index is 0. The Balaban J connectivity index is 0.00000361. The molecule has 0 aliphatic carbocycles. The molecule has 1 aromatic rings. The third kappa shape index (κ3) is 4.01. The molecule has 1 rings (SSSR count). The van der Waals surface area contributed by atoms with Crippen molar-refractivity contribution in [1.82, 2.24) is 0 Å². The topological polar surface area (TPSA) is 99.9 Å². The fourth-order valence-electron chi connectivity index (χ4n) is 1.49. The van der Waals surface area contributed by atoms with Crippen LogP contribution in [0.1, 0.15) is 10.4 Å². The fraction of sp³-hybridized carbons (Fsp3) is 0.333. The summed E-state index contributed by atoms with van der Waals surface area (Å²) < 4.78 is 14.9. The second-order valence-electron chi connectivity index (χ2n) is 3.50. The van der Waals surface area contributed by atoms with Crippen molar-refractivity contribution in [2.75, 3.05) is 33.2 Å². The highest BCUT2D eigenvalue weighted by Crippen LogP contribution is 2.36. The molecular formula is C12H17ClN2O5. The monoisotopic (exact) mass is 304 g/mol. The Kier molecular flexibility index (Phi) is 7.42. The first-order valence-corrected chi connectivity index (χ1v) is 5.41. The molecular weight excluding hydrogens is 288 g/mol. The summed E-state index contributed by atoms with van der Waals surface area (Å²) in [7, 11) is 4.11. The number of halogens is 1. The first-order valence-electron chi connectivity index (χ1n) is 5.41. The molecule has 0 unspecified atom stereocenters. The number of carbonyl (C=O) groups is 2. The van der Waals surface area contributed by atoms with Crippen LogP contribution in [0.3, 0.4) is 0 Å². The number of carbonyl (C=O) groups excluding carboxylic acids is 2. The van der Waals surface area contributed by atoms with Crippen molar-refractivity contribution in [1.29, 1.82) is 0 Å². The van der Waals surface area contributed by atoms with Crippen LogP contribution < -0.4 is 20.5 Å². The van der Waals surface area contributed by atoms with Crippen molar-refractivity contribution in [2.24, 2.45) is 5.73 Å². The molecule has 0 aromatic heterocycles. The molecule has 0 atom stereocenters. The molecule has 1 amide bonds. The van der Waals surface area contributed by atoms with E-state index in [-0.39, 0.29) is 30.2 Å². The molecule has 0 aliphatic rings. The number of nitrogens with two attached hydrogens (primary N) is 1. The normalized spacial score (nSPS) is 9.20. The third-order valence-electron chi connectivity index (χ3n) is 2.36. The summed E-state index contributed by atoms with van der Waals surface area (Å²) in [6, 6.07) is 2.89. The molecule has 0 aliphatic heterocycles. The van der Waals surface area contributed by atoms with E-state index in [0.717, 1.165) is 0 Å². The number of amides is 1. The average molecular weight is 305 g/mol. The standard InChI is InChI=1S/C12H16N2O5.ClH/c1-17-9-5-7(12(16)19-3)4-8(11(9)18-2)14-10(15)6-13;/h4-5H,6,13H2,1-3H3,(H,14,15);1H. The maximum atomic E-state index is 11.5. The SMILES string of the molecule is COC(=O)c1cc(NC(=O)CN)c(OC)c(OC)c1.Cl. The lowest BCUT2D eigenvalue weighted by molar-refractivity contribution is -0.114. The van der Waals surface area contributed by atoms with Gasteiger partial charge in [0, 0.05) is 0 Å². The van der Waals surface area contributed by atoms with Gasteiger partial charge in [-0.3, -0.25) is 4.79 Å². The van der Waals surface area contributed by atoms with E-state index in [0.29, 0.717) is 11.5 Å². The first kappa shape index (κ1) is 18.0. The van der Waals surface area contributed by atoms with E-state index in [9.17, 15) is 9.59 Å². The molecule has 0 spiro atoms. The summed E-state index contributed by atoms with van der Waals surface area (Å²) in [5.74, 6) is -0.360. The Hall–Kier alpha value is -1.99. The molecule has 8 heteroatoms. The Morgan fingerprint density at radius 2 is 1.85 bits per heavy atom. The van der Waals surface area contributed by atoms with Gasteiger partial charge in [0.15, 0.2) is 11.5 Å². The number of benzene rings is 1. The maximum absolute atomic E-state index is 11.5. The highest BCUT2D eigenvalue weighted by atomic mass is 35.5. The molecule has 0 saturated heterocycles. The van der Waals surface area contributed by atoms with E-state index < -0.39 is 11.9 Å². The van der Waals surface area contributed by atoms with Crippen LogP contribution in [0.25, 0.3) is 0 Å². The summed E-state index contributed by atoms with van der Waals surface area (Å²) in [5, 5.41) is 2.53. The Bertz CT molecular complexity index is 493. The lowest BCUT2D eigenvalue weighted by Gasteiger charge is -2.14. The zero-order valence-corrected chi connectivity index (χ0v) is 12.2. The third-order valence-corrected chi connectivity index (χ3v) is 2.36. The number of rotatable bonds is 5. The van der Waals surface area contributed by atoms with Gasteiger partial charge >= 0.3 is 5.97 Å². The number of hydrogen-bond acceptors (Lipinski definition) is 6. The van der Waals surface area contributed by atoms with E-state index >= 15 is 0 Å². The van der Waals surface area contributed by atoms with Crippen molar-refractivity contribution >= 4 is 30.0 Å². The van der Waals surface area contributed by atoms with Gasteiger partial charge < -0.3 is 25.3 Å². The highest BCUT2D eigenvalue weighted by molar-refractivity contribution is 5.97. The predicted molar refractivity (Wildman–Crippen MR) is 75.8 cm³/mol. The molecule has 0 bridgehead atoms. The first-order chi connectivity index (χ1) is 9.07. The lowest BCUT2D eigenvalue weighted by atomic mass is 10.1. The summed E-state index contributed by atoms with van der Waals surface area (Å²) >= 11 is 0. The molecule has 7 nitrogen and oxygen atoms in total. The Morgan fingerprint density at radius 1 is 1.20 bits per heavy atom. The Labute approximate surface area is 122 Å². The van der Waals surface area contributed by atoms with Crippen molar-refractivity contribution in [3.05, 3.63) is 17.7 Å². The second kappa shape index (κ2) is 8.23.